The van der Waals surface area contributed by atoms with E-state index in [1.54, 1.807) is 0 Å². The molecular formula is C4H13NO3S. The molecule has 0 radical (unpaired) electrons. The van der Waals surface area contributed by atoms with E-state index in [-0.39, 0.29) is 0 Å². The first-order chi connectivity index (χ1) is 3.91. The molecule has 0 aliphatic heterocycles. The smallest absolute Gasteiger partial charge is 0.261 e. The molecule has 9 heavy (non-hydrogen) atoms. The Hall–Kier alpha value is -0.130. The van der Waals surface area contributed by atoms with Crippen molar-refractivity contribution in [2.24, 2.45) is 5.73 Å². The molecule has 0 heterocycles. The average Bonchev–Trinajstić information content (AvgIpc) is 1.61. The lowest BCUT2D eigenvalue weighted by atomic mass is 10.5. The maximum atomic E-state index is 9.19. The monoisotopic (exact) mass is 155 g/mol. The average molecular weight is 155 g/mol. The first-order valence-corrected chi connectivity index (χ1v) is 4.39. The Morgan fingerprint density at radius 1 is 1.56 bits per heavy atom. The summed E-state index contributed by atoms with van der Waals surface area (Å²) in [6, 6.07) is 0. The van der Waals surface area contributed by atoms with Gasteiger partial charge < -0.3 is 5.73 Å². The van der Waals surface area contributed by atoms with Crippen molar-refractivity contribution in [3.05, 3.63) is 0 Å². The summed E-state index contributed by atoms with van der Waals surface area (Å²) < 4.78 is 25.9. The van der Waals surface area contributed by atoms with E-state index in [0.29, 0.717) is 6.26 Å². The van der Waals surface area contributed by atoms with Gasteiger partial charge in [0.1, 0.15) is 0 Å². The third-order valence-electron chi connectivity index (χ3n) is 0.289. The van der Waals surface area contributed by atoms with Gasteiger partial charge in [0.2, 0.25) is 0 Å². The zero-order valence-corrected chi connectivity index (χ0v) is 6.48. The molecule has 0 unspecified atom stereocenters. The first kappa shape index (κ1) is 11.6. The SMILES string of the molecule is CCCN.CS(=O)(=O)O. The number of nitrogens with two attached hydrogens (primary N) is 1. The van der Waals surface area contributed by atoms with Crippen molar-refractivity contribution >= 4 is 10.1 Å². The Morgan fingerprint density at radius 2 is 1.67 bits per heavy atom. The van der Waals surface area contributed by atoms with E-state index in [0.717, 1.165) is 13.0 Å². The quantitative estimate of drug-likeness (QED) is 0.516. The van der Waals surface area contributed by atoms with Crippen LogP contribution in [0.2, 0.25) is 0 Å². The van der Waals surface area contributed by atoms with Crippen molar-refractivity contribution in [1.29, 1.82) is 0 Å². The van der Waals surface area contributed by atoms with Gasteiger partial charge in [-0.25, -0.2) is 0 Å². The lowest BCUT2D eigenvalue weighted by Gasteiger charge is -1.70. The van der Waals surface area contributed by atoms with Crippen LogP contribution in [-0.2, 0) is 10.1 Å². The van der Waals surface area contributed by atoms with Crippen molar-refractivity contribution in [3.8, 4) is 0 Å². The van der Waals surface area contributed by atoms with Gasteiger partial charge in [-0.05, 0) is 13.0 Å². The third-order valence-corrected chi connectivity index (χ3v) is 0.289. The van der Waals surface area contributed by atoms with E-state index >= 15 is 0 Å². The van der Waals surface area contributed by atoms with Crippen LogP contribution >= 0.6 is 0 Å². The summed E-state index contributed by atoms with van der Waals surface area (Å²) in [6.07, 6.45) is 1.81. The van der Waals surface area contributed by atoms with Gasteiger partial charge in [0, 0.05) is 0 Å². The van der Waals surface area contributed by atoms with Crippen molar-refractivity contribution in [2.75, 3.05) is 12.8 Å². The maximum Gasteiger partial charge on any atom is 0.261 e. The van der Waals surface area contributed by atoms with Gasteiger partial charge in [0.25, 0.3) is 10.1 Å². The van der Waals surface area contributed by atoms with Gasteiger partial charge in [-0.2, -0.15) is 8.42 Å². The van der Waals surface area contributed by atoms with E-state index in [2.05, 4.69) is 6.92 Å². The van der Waals surface area contributed by atoms with E-state index in [4.69, 9.17) is 10.3 Å². The molecule has 0 amide bonds. The Morgan fingerprint density at radius 3 is 1.67 bits per heavy atom. The number of hydrogen-bond acceptors (Lipinski definition) is 3. The van der Waals surface area contributed by atoms with Crippen molar-refractivity contribution in [1.82, 2.24) is 0 Å². The summed E-state index contributed by atoms with van der Waals surface area (Å²) >= 11 is 0. The molecule has 0 aromatic heterocycles. The molecule has 0 bridgehead atoms. The van der Waals surface area contributed by atoms with Crippen LogP contribution in [0, 0.1) is 0 Å². The van der Waals surface area contributed by atoms with Crippen LogP contribution in [0.3, 0.4) is 0 Å². The molecule has 0 aliphatic rings. The number of rotatable bonds is 1. The summed E-state index contributed by atoms with van der Waals surface area (Å²) in [6.45, 7) is 2.88. The fourth-order valence-electron chi connectivity index (χ4n) is 0. The second-order valence-corrected chi connectivity index (χ2v) is 2.99. The van der Waals surface area contributed by atoms with Crippen LogP contribution in [0.5, 0.6) is 0 Å². The molecule has 0 aromatic carbocycles. The van der Waals surface area contributed by atoms with E-state index < -0.39 is 10.1 Å². The van der Waals surface area contributed by atoms with Gasteiger partial charge in [-0.15, -0.1) is 0 Å². The lowest BCUT2D eigenvalue weighted by molar-refractivity contribution is 0.490. The molecule has 5 heteroatoms. The van der Waals surface area contributed by atoms with Crippen molar-refractivity contribution < 1.29 is 13.0 Å². The van der Waals surface area contributed by atoms with Crippen LogP contribution < -0.4 is 5.73 Å². The maximum absolute atomic E-state index is 9.19. The molecule has 0 aliphatic carbocycles. The Labute approximate surface area is 55.8 Å². The van der Waals surface area contributed by atoms with Crippen molar-refractivity contribution in [2.45, 2.75) is 13.3 Å². The highest BCUT2D eigenvalue weighted by atomic mass is 32.2. The van der Waals surface area contributed by atoms with E-state index in [1.807, 2.05) is 0 Å². The summed E-state index contributed by atoms with van der Waals surface area (Å²) in [4.78, 5) is 0. The Bertz CT molecular complexity index is 119. The molecule has 58 valence electrons. The largest absolute Gasteiger partial charge is 0.330 e. The zero-order valence-electron chi connectivity index (χ0n) is 5.66. The molecule has 0 aromatic rings. The zero-order chi connectivity index (χ0) is 7.91. The van der Waals surface area contributed by atoms with Gasteiger partial charge in [0.05, 0.1) is 6.26 Å². The summed E-state index contributed by atoms with van der Waals surface area (Å²) in [5, 5.41) is 0. The van der Waals surface area contributed by atoms with Gasteiger partial charge in [-0.1, -0.05) is 6.92 Å². The fraction of sp³-hybridized carbons (Fsp3) is 1.00. The second-order valence-electron chi connectivity index (χ2n) is 1.52. The normalized spacial score (nSPS) is 9.78. The summed E-state index contributed by atoms with van der Waals surface area (Å²) in [7, 11) is -3.67. The molecule has 3 N–H and O–H groups in total. The minimum Gasteiger partial charge on any atom is -0.330 e. The standard InChI is InChI=1S/C3H9N.CH4O3S/c1-2-3-4;1-5(2,3)4/h2-4H2,1H3;1H3,(H,2,3,4). The van der Waals surface area contributed by atoms with Gasteiger partial charge in [0.15, 0.2) is 0 Å². The predicted molar refractivity (Wildman–Crippen MR) is 36.8 cm³/mol. The molecule has 4 nitrogen and oxygen atoms in total. The fourth-order valence-corrected chi connectivity index (χ4v) is 0. The second kappa shape index (κ2) is 6.00. The topological polar surface area (TPSA) is 80.4 Å². The first-order valence-electron chi connectivity index (χ1n) is 2.54. The molecule has 0 rings (SSSR count). The Balaban J connectivity index is 0. The molecular weight excluding hydrogens is 142 g/mol. The molecule has 0 atom stereocenters. The number of hydrogen-bond donors (Lipinski definition) is 2. The predicted octanol–water partition coefficient (Wildman–Crippen LogP) is -0.141. The van der Waals surface area contributed by atoms with E-state index in [1.165, 1.54) is 0 Å². The summed E-state index contributed by atoms with van der Waals surface area (Å²) in [5.41, 5.74) is 5.03. The lowest BCUT2D eigenvalue weighted by Crippen LogP contribution is -1.93. The summed E-state index contributed by atoms with van der Waals surface area (Å²) in [5.74, 6) is 0. The van der Waals surface area contributed by atoms with Crippen molar-refractivity contribution in [3.63, 3.8) is 0 Å². The van der Waals surface area contributed by atoms with Crippen LogP contribution in [0.25, 0.3) is 0 Å². The minimum absolute atomic E-state index is 0.715. The van der Waals surface area contributed by atoms with Crippen LogP contribution in [0.15, 0.2) is 0 Å². The highest BCUT2D eigenvalue weighted by Gasteiger charge is 1.81. The minimum atomic E-state index is -3.67. The molecule has 0 saturated carbocycles. The molecule has 0 saturated heterocycles. The highest BCUT2D eigenvalue weighted by molar-refractivity contribution is 7.85. The molecule has 0 spiro atoms. The van der Waals surface area contributed by atoms with Crippen LogP contribution in [0.1, 0.15) is 13.3 Å². The molecule has 0 fully saturated rings. The van der Waals surface area contributed by atoms with Gasteiger partial charge in [-0.3, -0.25) is 4.55 Å². The van der Waals surface area contributed by atoms with Crippen LogP contribution in [0.4, 0.5) is 0 Å². The highest BCUT2D eigenvalue weighted by Crippen LogP contribution is 1.60. The van der Waals surface area contributed by atoms with Crippen LogP contribution in [-0.4, -0.2) is 25.8 Å². The Kier molecular flexibility index (Phi) is 7.76. The van der Waals surface area contributed by atoms with E-state index in [9.17, 15) is 8.42 Å². The third kappa shape index (κ3) is 358. The van der Waals surface area contributed by atoms with Gasteiger partial charge >= 0.3 is 0 Å².